The smallest absolute Gasteiger partial charge is 0.233 e. The molecule has 30 heavy (non-hydrogen) atoms. The lowest BCUT2D eigenvalue weighted by Gasteiger charge is -2.42. The average molecular weight is 417 g/mol. The van der Waals surface area contributed by atoms with E-state index in [9.17, 15) is 14.0 Å². The van der Waals surface area contributed by atoms with Crippen molar-refractivity contribution in [1.29, 1.82) is 0 Å². The Morgan fingerprint density at radius 3 is 2.07 bits per heavy atom. The molecule has 0 radical (unpaired) electrons. The zero-order chi connectivity index (χ0) is 21.0. The van der Waals surface area contributed by atoms with E-state index in [-0.39, 0.29) is 23.5 Å². The molecule has 3 fully saturated rings. The summed E-state index contributed by atoms with van der Waals surface area (Å²) in [6.45, 7) is 4.07. The molecule has 3 heterocycles. The first-order valence-electron chi connectivity index (χ1n) is 11.5. The van der Waals surface area contributed by atoms with Gasteiger partial charge in [0.25, 0.3) is 0 Å². The van der Waals surface area contributed by atoms with Gasteiger partial charge in [0.05, 0.1) is 5.41 Å². The predicted molar refractivity (Wildman–Crippen MR) is 112 cm³/mol. The van der Waals surface area contributed by atoms with Crippen LogP contribution in [0.3, 0.4) is 0 Å². The molecule has 1 aromatic carbocycles. The molecule has 0 N–H and O–H groups in total. The molecule has 3 aliphatic heterocycles. The summed E-state index contributed by atoms with van der Waals surface area (Å²) >= 11 is 0. The van der Waals surface area contributed by atoms with Gasteiger partial charge in [-0.2, -0.15) is 0 Å². The summed E-state index contributed by atoms with van der Waals surface area (Å²) in [5.74, 6) is 0.131. The highest BCUT2D eigenvalue weighted by molar-refractivity contribution is 5.89. The third-order valence-corrected chi connectivity index (χ3v) is 7.20. The van der Waals surface area contributed by atoms with Gasteiger partial charge in [-0.1, -0.05) is 25.0 Å². The van der Waals surface area contributed by atoms with Crippen LogP contribution in [-0.4, -0.2) is 61.0 Å². The zero-order valence-corrected chi connectivity index (χ0v) is 17.8. The van der Waals surface area contributed by atoms with E-state index in [0.29, 0.717) is 39.1 Å². The van der Waals surface area contributed by atoms with Gasteiger partial charge in [0.15, 0.2) is 0 Å². The van der Waals surface area contributed by atoms with Gasteiger partial charge >= 0.3 is 0 Å². The molecular weight excluding hydrogens is 383 g/mol. The Morgan fingerprint density at radius 1 is 0.867 bits per heavy atom. The zero-order valence-electron chi connectivity index (χ0n) is 17.8. The molecule has 164 valence electrons. The highest BCUT2D eigenvalue weighted by Crippen LogP contribution is 2.38. The van der Waals surface area contributed by atoms with Gasteiger partial charge in [-0.3, -0.25) is 9.59 Å². The molecule has 0 atom stereocenters. The number of benzene rings is 1. The van der Waals surface area contributed by atoms with Crippen molar-refractivity contribution in [2.24, 2.45) is 5.92 Å². The third-order valence-electron chi connectivity index (χ3n) is 7.20. The lowest BCUT2D eigenvalue weighted by molar-refractivity contribution is -0.146. The Labute approximate surface area is 178 Å². The Bertz CT molecular complexity index is 729. The van der Waals surface area contributed by atoms with E-state index >= 15 is 0 Å². The molecule has 0 aromatic heterocycles. The topological polar surface area (TPSA) is 49.9 Å². The van der Waals surface area contributed by atoms with Crippen LogP contribution in [0.4, 0.5) is 4.39 Å². The van der Waals surface area contributed by atoms with E-state index in [1.54, 1.807) is 12.1 Å². The minimum absolute atomic E-state index is 0.0311. The second kappa shape index (κ2) is 9.46. The van der Waals surface area contributed by atoms with Crippen molar-refractivity contribution < 1.29 is 18.7 Å². The monoisotopic (exact) mass is 416 g/mol. The highest BCUT2D eigenvalue weighted by Gasteiger charge is 2.45. The van der Waals surface area contributed by atoms with Crippen molar-refractivity contribution in [3.63, 3.8) is 0 Å². The highest BCUT2D eigenvalue weighted by atomic mass is 19.1. The lowest BCUT2D eigenvalue weighted by Crippen LogP contribution is -2.53. The number of likely N-dealkylation sites (tertiary alicyclic amines) is 2. The molecule has 0 bridgehead atoms. The Balaban J connectivity index is 1.43. The summed E-state index contributed by atoms with van der Waals surface area (Å²) < 4.78 is 19.0. The quantitative estimate of drug-likeness (QED) is 0.758. The second-order valence-electron chi connectivity index (χ2n) is 9.01. The van der Waals surface area contributed by atoms with Crippen LogP contribution in [0.2, 0.25) is 0 Å². The number of hydrogen-bond acceptors (Lipinski definition) is 3. The number of carbonyl (C=O) groups excluding carboxylic acids is 2. The van der Waals surface area contributed by atoms with E-state index in [1.165, 1.54) is 25.0 Å². The van der Waals surface area contributed by atoms with Crippen molar-refractivity contribution in [2.75, 3.05) is 39.4 Å². The van der Waals surface area contributed by atoms with Gasteiger partial charge in [-0.25, -0.2) is 4.39 Å². The molecule has 2 amide bonds. The number of carbonyl (C=O) groups is 2. The van der Waals surface area contributed by atoms with Crippen LogP contribution >= 0.6 is 0 Å². The fourth-order valence-electron chi connectivity index (χ4n) is 5.30. The number of amides is 2. The van der Waals surface area contributed by atoms with E-state index in [2.05, 4.69) is 0 Å². The molecular formula is C24H33FN2O3. The van der Waals surface area contributed by atoms with Crippen LogP contribution < -0.4 is 0 Å². The number of piperidine rings is 1. The van der Waals surface area contributed by atoms with Crippen molar-refractivity contribution in [3.8, 4) is 0 Å². The summed E-state index contributed by atoms with van der Waals surface area (Å²) in [6.07, 6.45) is 7.33. The molecule has 4 rings (SSSR count). The standard InChI is InChI=1S/C24H33FN2O3/c25-21-7-5-20(6-8-21)24(11-17-30-18-12-24)23(29)27-15-9-19(10-16-27)22(28)26-13-3-1-2-4-14-26/h5-8,19H,1-4,9-18H2. The van der Waals surface area contributed by atoms with Crippen molar-refractivity contribution in [2.45, 2.75) is 56.8 Å². The normalized spacial score (nSPS) is 23.1. The Kier molecular flexibility index (Phi) is 6.71. The minimum Gasteiger partial charge on any atom is -0.381 e. The van der Waals surface area contributed by atoms with Gasteiger partial charge in [0.1, 0.15) is 5.82 Å². The molecule has 0 spiro atoms. The number of rotatable bonds is 3. The summed E-state index contributed by atoms with van der Waals surface area (Å²) in [5.41, 5.74) is 0.230. The molecule has 1 aromatic rings. The fraction of sp³-hybridized carbons (Fsp3) is 0.667. The maximum absolute atomic E-state index is 13.7. The van der Waals surface area contributed by atoms with Crippen molar-refractivity contribution in [1.82, 2.24) is 9.80 Å². The van der Waals surface area contributed by atoms with Gasteiger partial charge in [0, 0.05) is 45.3 Å². The van der Waals surface area contributed by atoms with Crippen LogP contribution in [0.15, 0.2) is 24.3 Å². The van der Waals surface area contributed by atoms with Crippen LogP contribution in [0.5, 0.6) is 0 Å². The largest absolute Gasteiger partial charge is 0.381 e. The van der Waals surface area contributed by atoms with Gasteiger partial charge in [-0.15, -0.1) is 0 Å². The molecule has 6 heteroatoms. The summed E-state index contributed by atoms with van der Waals surface area (Å²) in [7, 11) is 0. The van der Waals surface area contributed by atoms with Crippen LogP contribution in [-0.2, 0) is 19.7 Å². The van der Waals surface area contributed by atoms with E-state index in [1.807, 2.05) is 9.80 Å². The first-order valence-corrected chi connectivity index (χ1v) is 11.5. The fourth-order valence-corrected chi connectivity index (χ4v) is 5.30. The summed E-state index contributed by atoms with van der Waals surface area (Å²) in [5, 5.41) is 0. The molecule has 0 aliphatic carbocycles. The number of ether oxygens (including phenoxy) is 1. The Hall–Kier alpha value is -1.95. The Morgan fingerprint density at radius 2 is 1.47 bits per heavy atom. The van der Waals surface area contributed by atoms with Crippen LogP contribution in [0, 0.1) is 11.7 Å². The number of hydrogen-bond donors (Lipinski definition) is 0. The van der Waals surface area contributed by atoms with Gasteiger partial charge < -0.3 is 14.5 Å². The third kappa shape index (κ3) is 4.39. The average Bonchev–Trinajstić information content (AvgIpc) is 3.09. The molecule has 5 nitrogen and oxygen atoms in total. The minimum atomic E-state index is -0.645. The van der Waals surface area contributed by atoms with Gasteiger partial charge in [-0.05, 0) is 56.2 Å². The first kappa shape index (κ1) is 21.3. The van der Waals surface area contributed by atoms with Crippen molar-refractivity contribution >= 4 is 11.8 Å². The van der Waals surface area contributed by atoms with Crippen LogP contribution in [0.25, 0.3) is 0 Å². The first-order chi connectivity index (χ1) is 14.6. The number of halogens is 1. The summed E-state index contributed by atoms with van der Waals surface area (Å²) in [4.78, 5) is 30.6. The van der Waals surface area contributed by atoms with E-state index < -0.39 is 5.41 Å². The molecule has 0 saturated carbocycles. The molecule has 0 unspecified atom stereocenters. The van der Waals surface area contributed by atoms with E-state index in [0.717, 1.165) is 44.3 Å². The lowest BCUT2D eigenvalue weighted by atomic mass is 9.72. The van der Waals surface area contributed by atoms with Gasteiger partial charge in [0.2, 0.25) is 11.8 Å². The maximum atomic E-state index is 13.7. The molecule has 3 aliphatic rings. The maximum Gasteiger partial charge on any atom is 0.233 e. The number of nitrogens with zero attached hydrogens (tertiary/aromatic N) is 2. The second-order valence-corrected chi connectivity index (χ2v) is 9.01. The van der Waals surface area contributed by atoms with E-state index in [4.69, 9.17) is 4.74 Å². The molecule has 3 saturated heterocycles. The van der Waals surface area contributed by atoms with Crippen LogP contribution in [0.1, 0.15) is 56.9 Å². The summed E-state index contributed by atoms with van der Waals surface area (Å²) in [6, 6.07) is 6.36. The SMILES string of the molecule is O=C(C1CCN(C(=O)C2(c3ccc(F)cc3)CCOCC2)CC1)N1CCCCCC1. The predicted octanol–water partition coefficient (Wildman–Crippen LogP) is 3.52. The van der Waals surface area contributed by atoms with Crippen molar-refractivity contribution in [3.05, 3.63) is 35.6 Å².